The highest BCUT2D eigenvalue weighted by atomic mass is 16.3. The third kappa shape index (κ3) is 3.92. The second kappa shape index (κ2) is 6.93. The van der Waals surface area contributed by atoms with Gasteiger partial charge in [-0.3, -0.25) is 0 Å². The van der Waals surface area contributed by atoms with Gasteiger partial charge in [-0.15, -0.1) is 0 Å². The third-order valence-corrected chi connectivity index (χ3v) is 1.54. The van der Waals surface area contributed by atoms with E-state index in [2.05, 4.69) is 0 Å². The van der Waals surface area contributed by atoms with Crippen molar-refractivity contribution >= 4 is 0 Å². The van der Waals surface area contributed by atoms with E-state index in [-0.39, 0.29) is 12.2 Å². The van der Waals surface area contributed by atoms with Gasteiger partial charge in [-0.25, -0.2) is 0 Å². The number of nitriles is 1. The zero-order valence-electron chi connectivity index (χ0n) is 8.44. The number of rotatable bonds is 2. The van der Waals surface area contributed by atoms with Crippen LogP contribution in [0.3, 0.4) is 0 Å². The molecule has 0 aliphatic heterocycles. The van der Waals surface area contributed by atoms with Crippen molar-refractivity contribution < 1.29 is 10.2 Å². The first-order chi connectivity index (χ1) is 6.74. The summed E-state index contributed by atoms with van der Waals surface area (Å²) in [6.45, 7) is 4.00. The molecule has 76 valence electrons. The Morgan fingerprint density at radius 2 is 2.07 bits per heavy atom. The number of aromatic hydroxyl groups is 1. The lowest BCUT2D eigenvalue weighted by Crippen LogP contribution is -1.94. The number of nitrogens with zero attached hydrogens (tertiary/aromatic N) is 1. The summed E-state index contributed by atoms with van der Waals surface area (Å²) in [5.74, 6) is 0.101. The molecule has 0 fully saturated rings. The van der Waals surface area contributed by atoms with Crippen molar-refractivity contribution in [2.45, 2.75) is 26.4 Å². The van der Waals surface area contributed by atoms with Gasteiger partial charge < -0.3 is 10.2 Å². The highest BCUT2D eigenvalue weighted by Crippen LogP contribution is 2.19. The lowest BCUT2D eigenvalue weighted by atomic mass is 10.1. The number of hydrogen-bond acceptors (Lipinski definition) is 3. The van der Waals surface area contributed by atoms with Crippen LogP contribution in [-0.2, 0) is 0 Å². The molecule has 1 unspecified atom stereocenters. The van der Waals surface area contributed by atoms with Gasteiger partial charge in [0.25, 0.3) is 0 Å². The van der Waals surface area contributed by atoms with Crippen molar-refractivity contribution in [3.63, 3.8) is 0 Å². The molecule has 1 rings (SSSR count). The lowest BCUT2D eigenvalue weighted by Gasteiger charge is -2.05. The topological polar surface area (TPSA) is 64.2 Å². The van der Waals surface area contributed by atoms with Gasteiger partial charge in [0.15, 0.2) is 0 Å². The molecular weight excluding hydrogens is 178 g/mol. The Morgan fingerprint density at radius 1 is 1.43 bits per heavy atom. The highest BCUT2D eigenvalue weighted by Gasteiger charge is 2.06. The number of phenolic OH excluding ortho intramolecular Hbond substituents is 1. The molecule has 0 amide bonds. The Morgan fingerprint density at radius 3 is 2.57 bits per heavy atom. The van der Waals surface area contributed by atoms with Crippen LogP contribution in [0.2, 0.25) is 0 Å². The standard InChI is InChI=1S/C9H9NO2.C2H6/c10-5-4-9(12)7-2-1-3-8(11)6-7;1-2/h1-3,6,9,11-12H,4H2;1-2H3. The van der Waals surface area contributed by atoms with Gasteiger partial charge in [-0.1, -0.05) is 26.0 Å². The Kier molecular flexibility index (Phi) is 6.17. The van der Waals surface area contributed by atoms with Crippen molar-refractivity contribution in [1.82, 2.24) is 0 Å². The van der Waals surface area contributed by atoms with Crippen LogP contribution in [0.4, 0.5) is 0 Å². The van der Waals surface area contributed by atoms with E-state index in [1.165, 1.54) is 12.1 Å². The van der Waals surface area contributed by atoms with E-state index in [1.807, 2.05) is 19.9 Å². The molecule has 3 nitrogen and oxygen atoms in total. The molecule has 0 spiro atoms. The summed E-state index contributed by atoms with van der Waals surface area (Å²) in [6, 6.07) is 8.12. The van der Waals surface area contributed by atoms with Crippen LogP contribution in [0.5, 0.6) is 5.75 Å². The quantitative estimate of drug-likeness (QED) is 0.757. The van der Waals surface area contributed by atoms with E-state index in [0.717, 1.165) is 0 Å². The first kappa shape index (κ1) is 12.5. The molecule has 0 bridgehead atoms. The largest absolute Gasteiger partial charge is 0.508 e. The van der Waals surface area contributed by atoms with Gasteiger partial charge in [0, 0.05) is 0 Å². The van der Waals surface area contributed by atoms with Gasteiger partial charge in [0.05, 0.1) is 18.6 Å². The van der Waals surface area contributed by atoms with E-state index in [1.54, 1.807) is 12.1 Å². The van der Waals surface area contributed by atoms with Crippen LogP contribution in [0.1, 0.15) is 31.9 Å². The Hall–Kier alpha value is -1.53. The fourth-order valence-corrected chi connectivity index (χ4v) is 0.936. The van der Waals surface area contributed by atoms with Crippen molar-refractivity contribution in [2.75, 3.05) is 0 Å². The van der Waals surface area contributed by atoms with Crippen LogP contribution in [0.25, 0.3) is 0 Å². The van der Waals surface area contributed by atoms with E-state index in [4.69, 9.17) is 10.4 Å². The maximum Gasteiger partial charge on any atom is 0.115 e. The molecule has 1 aromatic rings. The van der Waals surface area contributed by atoms with Gasteiger partial charge in [0.2, 0.25) is 0 Å². The number of benzene rings is 1. The van der Waals surface area contributed by atoms with E-state index < -0.39 is 6.10 Å². The molecule has 1 atom stereocenters. The summed E-state index contributed by atoms with van der Waals surface area (Å²) in [6.07, 6.45) is -0.759. The first-order valence-electron chi connectivity index (χ1n) is 4.58. The zero-order chi connectivity index (χ0) is 11.0. The third-order valence-electron chi connectivity index (χ3n) is 1.54. The summed E-state index contributed by atoms with van der Waals surface area (Å²) in [7, 11) is 0. The van der Waals surface area contributed by atoms with E-state index in [0.29, 0.717) is 5.56 Å². The van der Waals surface area contributed by atoms with Gasteiger partial charge >= 0.3 is 0 Å². The fourth-order valence-electron chi connectivity index (χ4n) is 0.936. The molecule has 0 radical (unpaired) electrons. The van der Waals surface area contributed by atoms with Gasteiger partial charge in [-0.2, -0.15) is 5.26 Å². The minimum Gasteiger partial charge on any atom is -0.508 e. The van der Waals surface area contributed by atoms with Crippen molar-refractivity contribution in [3.8, 4) is 11.8 Å². The SMILES string of the molecule is CC.N#CCC(O)c1cccc(O)c1. The Balaban J connectivity index is 0.000000791. The predicted octanol–water partition coefficient (Wildman–Crippen LogP) is 2.37. The monoisotopic (exact) mass is 193 g/mol. The van der Waals surface area contributed by atoms with E-state index in [9.17, 15) is 5.11 Å². The summed E-state index contributed by atoms with van der Waals surface area (Å²) in [5.41, 5.74) is 0.566. The van der Waals surface area contributed by atoms with Crippen LogP contribution in [0.15, 0.2) is 24.3 Å². The molecule has 0 saturated carbocycles. The minimum atomic E-state index is -0.804. The molecule has 2 N–H and O–H groups in total. The second-order valence-corrected chi connectivity index (χ2v) is 2.47. The maximum absolute atomic E-state index is 9.31. The van der Waals surface area contributed by atoms with Crippen LogP contribution in [0, 0.1) is 11.3 Å². The average molecular weight is 193 g/mol. The number of hydrogen-bond donors (Lipinski definition) is 2. The maximum atomic E-state index is 9.31. The summed E-state index contributed by atoms with van der Waals surface area (Å²) < 4.78 is 0. The molecule has 0 aromatic heterocycles. The highest BCUT2D eigenvalue weighted by molar-refractivity contribution is 5.28. The van der Waals surface area contributed by atoms with Crippen LogP contribution >= 0.6 is 0 Å². The van der Waals surface area contributed by atoms with Crippen LogP contribution in [-0.4, -0.2) is 10.2 Å². The van der Waals surface area contributed by atoms with Gasteiger partial charge in [0.1, 0.15) is 5.75 Å². The molecule has 0 aliphatic rings. The summed E-state index contributed by atoms with van der Waals surface area (Å²) >= 11 is 0. The molecule has 0 aliphatic carbocycles. The fraction of sp³-hybridized carbons (Fsp3) is 0.364. The second-order valence-electron chi connectivity index (χ2n) is 2.47. The summed E-state index contributed by atoms with van der Waals surface area (Å²) in [5, 5.41) is 26.6. The molecular formula is C11H15NO2. The molecule has 0 saturated heterocycles. The first-order valence-corrected chi connectivity index (χ1v) is 4.58. The number of aliphatic hydroxyl groups excluding tert-OH is 1. The minimum absolute atomic E-state index is 0.0451. The summed E-state index contributed by atoms with van der Waals surface area (Å²) in [4.78, 5) is 0. The lowest BCUT2D eigenvalue weighted by molar-refractivity contribution is 0.183. The Bertz CT molecular complexity index is 304. The average Bonchev–Trinajstić information content (AvgIpc) is 2.21. The zero-order valence-corrected chi connectivity index (χ0v) is 8.44. The van der Waals surface area contributed by atoms with Crippen molar-refractivity contribution in [2.24, 2.45) is 0 Å². The Labute approximate surface area is 84.2 Å². The number of aliphatic hydroxyl groups is 1. The molecule has 0 heterocycles. The predicted molar refractivity (Wildman–Crippen MR) is 54.6 cm³/mol. The van der Waals surface area contributed by atoms with Crippen LogP contribution < -0.4 is 0 Å². The normalized spacial score (nSPS) is 10.7. The van der Waals surface area contributed by atoms with Gasteiger partial charge in [-0.05, 0) is 17.7 Å². The van der Waals surface area contributed by atoms with E-state index >= 15 is 0 Å². The molecule has 14 heavy (non-hydrogen) atoms. The molecule has 3 heteroatoms. The van der Waals surface area contributed by atoms with Crippen molar-refractivity contribution in [3.05, 3.63) is 29.8 Å². The van der Waals surface area contributed by atoms with Crippen molar-refractivity contribution in [1.29, 1.82) is 5.26 Å². The number of phenols is 1. The smallest absolute Gasteiger partial charge is 0.115 e. The molecule has 1 aromatic carbocycles.